The zero-order valence-corrected chi connectivity index (χ0v) is 7.96. The van der Waals surface area contributed by atoms with Crippen LogP contribution in [-0.2, 0) is 0 Å². The molecule has 0 aliphatic carbocycles. The molecule has 1 heteroatoms. The van der Waals surface area contributed by atoms with E-state index in [1.807, 2.05) is 37.4 Å². The molecule has 0 fully saturated rings. The Morgan fingerprint density at radius 2 is 2.25 bits per heavy atom. The summed E-state index contributed by atoms with van der Waals surface area (Å²) in [5, 5.41) is 0. The molecule has 0 saturated carbocycles. The van der Waals surface area contributed by atoms with E-state index in [1.54, 1.807) is 0 Å². The van der Waals surface area contributed by atoms with E-state index in [-0.39, 0.29) is 0 Å². The number of rotatable bonds is 5. The molecule has 1 nitrogen and oxygen atoms in total. The van der Waals surface area contributed by atoms with Crippen molar-refractivity contribution in [1.29, 1.82) is 0 Å². The van der Waals surface area contributed by atoms with Crippen molar-refractivity contribution in [2.75, 3.05) is 0 Å². The van der Waals surface area contributed by atoms with Crippen LogP contribution in [0.15, 0.2) is 42.1 Å². The molecule has 0 aliphatic rings. The molecule has 0 atom stereocenters. The summed E-state index contributed by atoms with van der Waals surface area (Å²) in [7, 11) is 0. The van der Waals surface area contributed by atoms with Crippen molar-refractivity contribution in [2.45, 2.75) is 26.7 Å². The summed E-state index contributed by atoms with van der Waals surface area (Å²) >= 11 is 0. The van der Waals surface area contributed by atoms with E-state index in [4.69, 9.17) is 0 Å². The van der Waals surface area contributed by atoms with E-state index in [0.717, 1.165) is 18.6 Å². The standard InChI is InChI=1S/C11H17N/c1-4-7-10-12-11(8-5-2)9-6-3/h5-7,9-10H,2,4,8H2,1,3H3/b9-6-,10-7-,12-11-. The lowest BCUT2D eigenvalue weighted by molar-refractivity contribution is 1.21. The normalized spacial score (nSPS) is 13.0. The Morgan fingerprint density at radius 3 is 2.75 bits per heavy atom. The highest BCUT2D eigenvalue weighted by Gasteiger charge is 1.86. The van der Waals surface area contributed by atoms with Gasteiger partial charge in [0.15, 0.2) is 0 Å². The molecule has 0 rings (SSSR count). The van der Waals surface area contributed by atoms with Gasteiger partial charge in [-0.1, -0.05) is 25.2 Å². The summed E-state index contributed by atoms with van der Waals surface area (Å²) in [5.41, 5.74) is 1.05. The molecule has 66 valence electrons. The Morgan fingerprint density at radius 1 is 1.50 bits per heavy atom. The summed E-state index contributed by atoms with van der Waals surface area (Å²) in [5.74, 6) is 0. The third-order valence-electron chi connectivity index (χ3n) is 1.29. The second-order valence-electron chi connectivity index (χ2n) is 2.41. The lowest BCUT2D eigenvalue weighted by Crippen LogP contribution is -1.88. The van der Waals surface area contributed by atoms with Gasteiger partial charge >= 0.3 is 0 Å². The fraction of sp³-hybridized carbons (Fsp3) is 0.364. The number of hydrogen-bond acceptors (Lipinski definition) is 1. The lowest BCUT2D eigenvalue weighted by atomic mass is 10.2. The number of nitrogens with zero attached hydrogens (tertiary/aromatic N) is 1. The highest BCUT2D eigenvalue weighted by molar-refractivity contribution is 5.96. The van der Waals surface area contributed by atoms with Gasteiger partial charge in [0, 0.05) is 18.3 Å². The largest absolute Gasteiger partial charge is 0.261 e. The van der Waals surface area contributed by atoms with Crippen LogP contribution >= 0.6 is 0 Å². The molecule has 0 saturated heterocycles. The van der Waals surface area contributed by atoms with Gasteiger partial charge in [-0.05, 0) is 19.4 Å². The van der Waals surface area contributed by atoms with Gasteiger partial charge in [0.1, 0.15) is 0 Å². The third kappa shape index (κ3) is 5.66. The summed E-state index contributed by atoms with van der Waals surface area (Å²) in [4.78, 5) is 4.27. The fourth-order valence-electron chi connectivity index (χ4n) is 0.758. The van der Waals surface area contributed by atoms with Crippen molar-refractivity contribution in [1.82, 2.24) is 0 Å². The van der Waals surface area contributed by atoms with Gasteiger partial charge in [0.05, 0.1) is 0 Å². The monoisotopic (exact) mass is 163 g/mol. The number of allylic oxidation sites excluding steroid dienone is 4. The predicted octanol–water partition coefficient (Wildman–Crippen LogP) is 3.50. The molecule has 0 aromatic rings. The van der Waals surface area contributed by atoms with Crippen molar-refractivity contribution >= 4 is 5.71 Å². The van der Waals surface area contributed by atoms with Gasteiger partial charge in [-0.15, -0.1) is 6.58 Å². The van der Waals surface area contributed by atoms with Crippen molar-refractivity contribution in [3.8, 4) is 0 Å². The smallest absolute Gasteiger partial charge is 0.0437 e. The minimum Gasteiger partial charge on any atom is -0.261 e. The van der Waals surface area contributed by atoms with Crippen molar-refractivity contribution in [3.05, 3.63) is 37.1 Å². The molecule has 0 aromatic heterocycles. The van der Waals surface area contributed by atoms with Gasteiger partial charge < -0.3 is 0 Å². The van der Waals surface area contributed by atoms with Crippen LogP contribution in [0, 0.1) is 0 Å². The Bertz CT molecular complexity index is 197. The van der Waals surface area contributed by atoms with Crippen LogP contribution in [0.2, 0.25) is 0 Å². The minimum atomic E-state index is 0.832. The SMILES string of the molecule is C=CCC(/C=C\C)=N/C=C\CC. The van der Waals surface area contributed by atoms with Gasteiger partial charge in [-0.25, -0.2) is 0 Å². The average Bonchev–Trinajstić information content (AvgIpc) is 2.06. The van der Waals surface area contributed by atoms with Crippen LogP contribution < -0.4 is 0 Å². The number of aliphatic imine (C=N–C) groups is 1. The highest BCUT2D eigenvalue weighted by Crippen LogP contribution is 1.93. The molecule has 0 unspecified atom stereocenters. The van der Waals surface area contributed by atoms with Crippen LogP contribution in [0.25, 0.3) is 0 Å². The van der Waals surface area contributed by atoms with E-state index < -0.39 is 0 Å². The molecule has 0 aliphatic heterocycles. The fourth-order valence-corrected chi connectivity index (χ4v) is 0.758. The molecule has 0 spiro atoms. The van der Waals surface area contributed by atoms with Crippen molar-refractivity contribution in [3.63, 3.8) is 0 Å². The number of hydrogen-bond donors (Lipinski definition) is 0. The molecule has 0 bridgehead atoms. The first-order valence-corrected chi connectivity index (χ1v) is 4.30. The molecule has 12 heavy (non-hydrogen) atoms. The quantitative estimate of drug-likeness (QED) is 0.434. The predicted molar refractivity (Wildman–Crippen MR) is 56.5 cm³/mol. The van der Waals surface area contributed by atoms with E-state index in [9.17, 15) is 0 Å². The summed E-state index contributed by atoms with van der Waals surface area (Å²) in [6.45, 7) is 7.75. The molecule has 0 N–H and O–H groups in total. The topological polar surface area (TPSA) is 12.4 Å². The first kappa shape index (κ1) is 10.9. The van der Waals surface area contributed by atoms with Gasteiger partial charge in [0.25, 0.3) is 0 Å². The Balaban J connectivity index is 4.16. The van der Waals surface area contributed by atoms with Crippen LogP contribution in [0.1, 0.15) is 26.7 Å². The molecule has 0 heterocycles. The average molecular weight is 163 g/mol. The van der Waals surface area contributed by atoms with Crippen LogP contribution in [0.4, 0.5) is 0 Å². The van der Waals surface area contributed by atoms with Gasteiger partial charge in [-0.2, -0.15) is 0 Å². The second-order valence-corrected chi connectivity index (χ2v) is 2.41. The summed E-state index contributed by atoms with van der Waals surface area (Å²) < 4.78 is 0. The summed E-state index contributed by atoms with van der Waals surface area (Å²) in [6, 6.07) is 0. The van der Waals surface area contributed by atoms with Crippen LogP contribution in [0.5, 0.6) is 0 Å². The Labute approximate surface area is 75.2 Å². The van der Waals surface area contributed by atoms with E-state index in [1.165, 1.54) is 0 Å². The molecular weight excluding hydrogens is 146 g/mol. The first-order chi connectivity index (χ1) is 5.85. The van der Waals surface area contributed by atoms with Gasteiger partial charge in [0.2, 0.25) is 0 Å². The van der Waals surface area contributed by atoms with Crippen molar-refractivity contribution < 1.29 is 0 Å². The first-order valence-electron chi connectivity index (χ1n) is 4.30. The lowest BCUT2D eigenvalue weighted by Gasteiger charge is -1.92. The molecular formula is C11H17N. The zero-order chi connectivity index (χ0) is 9.23. The Hall–Kier alpha value is -1.11. The maximum absolute atomic E-state index is 4.27. The Kier molecular flexibility index (Phi) is 7.25. The van der Waals surface area contributed by atoms with E-state index in [2.05, 4.69) is 18.5 Å². The molecule has 0 amide bonds. The minimum absolute atomic E-state index is 0.832. The zero-order valence-electron chi connectivity index (χ0n) is 7.96. The maximum Gasteiger partial charge on any atom is 0.0437 e. The summed E-state index contributed by atoms with van der Waals surface area (Å²) in [6.07, 6.45) is 11.6. The van der Waals surface area contributed by atoms with Crippen LogP contribution in [0.3, 0.4) is 0 Å². The maximum atomic E-state index is 4.27. The van der Waals surface area contributed by atoms with E-state index >= 15 is 0 Å². The van der Waals surface area contributed by atoms with E-state index in [0.29, 0.717) is 0 Å². The van der Waals surface area contributed by atoms with Crippen molar-refractivity contribution in [2.24, 2.45) is 4.99 Å². The van der Waals surface area contributed by atoms with Gasteiger partial charge in [-0.3, -0.25) is 4.99 Å². The van der Waals surface area contributed by atoms with Crippen LogP contribution in [-0.4, -0.2) is 5.71 Å². The molecule has 0 radical (unpaired) electrons. The second kappa shape index (κ2) is 7.99. The molecule has 0 aromatic carbocycles. The highest BCUT2D eigenvalue weighted by atomic mass is 14.7. The third-order valence-corrected chi connectivity index (χ3v) is 1.29.